The quantitative estimate of drug-likeness (QED) is 0.885. The van der Waals surface area contributed by atoms with Crippen molar-refractivity contribution < 1.29 is 9.90 Å². The number of thiazole rings is 1. The second-order valence-corrected chi connectivity index (χ2v) is 6.51. The highest BCUT2D eigenvalue weighted by Gasteiger charge is 2.30. The molecule has 2 heterocycles. The number of benzene rings is 1. The first-order chi connectivity index (χ1) is 11.2. The van der Waals surface area contributed by atoms with E-state index in [1.807, 2.05) is 40.6 Å². The van der Waals surface area contributed by atoms with Crippen LogP contribution in [0, 0.1) is 0 Å². The van der Waals surface area contributed by atoms with E-state index in [9.17, 15) is 9.90 Å². The van der Waals surface area contributed by atoms with Gasteiger partial charge in [0.15, 0.2) is 0 Å². The van der Waals surface area contributed by atoms with Crippen LogP contribution in [0.2, 0.25) is 0 Å². The van der Waals surface area contributed by atoms with Crippen molar-refractivity contribution in [3.8, 4) is 0 Å². The highest BCUT2D eigenvalue weighted by atomic mass is 32.1. The fraction of sp³-hybridized carbons (Fsp3) is 0.412. The van der Waals surface area contributed by atoms with Gasteiger partial charge < -0.3 is 15.3 Å². The molecule has 2 atom stereocenters. The first kappa shape index (κ1) is 16.0. The van der Waals surface area contributed by atoms with E-state index in [-0.39, 0.29) is 12.1 Å². The number of hydrogen-bond donors (Lipinski definition) is 2. The molecular weight excluding hydrogens is 310 g/mol. The minimum absolute atomic E-state index is 0.0687. The number of carbonyl (C=O) groups excluding carboxylic acids is 1. The Morgan fingerprint density at radius 3 is 3.00 bits per heavy atom. The van der Waals surface area contributed by atoms with Gasteiger partial charge in [0.2, 0.25) is 0 Å². The van der Waals surface area contributed by atoms with Gasteiger partial charge in [0.1, 0.15) is 0 Å². The lowest BCUT2D eigenvalue weighted by Crippen LogP contribution is -2.43. The van der Waals surface area contributed by atoms with Crippen LogP contribution in [0.25, 0.3) is 0 Å². The molecule has 0 bridgehead atoms. The van der Waals surface area contributed by atoms with Crippen molar-refractivity contribution in [3.63, 3.8) is 0 Å². The van der Waals surface area contributed by atoms with E-state index in [2.05, 4.69) is 10.3 Å². The summed E-state index contributed by atoms with van der Waals surface area (Å²) in [5.74, 6) is 0. The standard InChI is InChI=1S/C17H21N3O2S/c21-16(13-5-2-1-3-6-13)9-15-7-4-8-20(15)17(22)18-10-14-11-23-12-19-14/h1-3,5-6,11-12,15-16,21H,4,7-10H2,(H,18,22). The number of hydrogen-bond acceptors (Lipinski definition) is 4. The molecule has 0 aliphatic carbocycles. The summed E-state index contributed by atoms with van der Waals surface area (Å²) in [5.41, 5.74) is 3.54. The van der Waals surface area contributed by atoms with Gasteiger partial charge in [0.05, 0.1) is 23.9 Å². The van der Waals surface area contributed by atoms with Crippen LogP contribution in [0.1, 0.15) is 36.6 Å². The van der Waals surface area contributed by atoms with Crippen molar-refractivity contribution in [2.75, 3.05) is 6.54 Å². The van der Waals surface area contributed by atoms with Crippen LogP contribution in [0.3, 0.4) is 0 Å². The Bertz CT molecular complexity index is 618. The molecule has 3 rings (SSSR count). The molecule has 1 saturated heterocycles. The second kappa shape index (κ2) is 7.57. The van der Waals surface area contributed by atoms with Crippen molar-refractivity contribution in [2.45, 2.75) is 38.0 Å². The average molecular weight is 331 g/mol. The van der Waals surface area contributed by atoms with Gasteiger partial charge in [0.25, 0.3) is 0 Å². The van der Waals surface area contributed by atoms with Crippen molar-refractivity contribution in [3.05, 3.63) is 52.5 Å². The zero-order valence-electron chi connectivity index (χ0n) is 12.9. The predicted octanol–water partition coefficient (Wildman–Crippen LogP) is 2.94. The first-order valence-electron chi connectivity index (χ1n) is 7.88. The van der Waals surface area contributed by atoms with Gasteiger partial charge in [-0.3, -0.25) is 0 Å². The van der Waals surface area contributed by atoms with E-state index in [0.717, 1.165) is 30.6 Å². The predicted molar refractivity (Wildman–Crippen MR) is 90.1 cm³/mol. The number of nitrogens with one attached hydrogen (secondary N) is 1. The molecule has 2 aromatic rings. The average Bonchev–Trinajstić information content (AvgIpc) is 3.25. The smallest absolute Gasteiger partial charge is 0.317 e. The number of likely N-dealkylation sites (tertiary alicyclic amines) is 1. The van der Waals surface area contributed by atoms with Crippen LogP contribution in [0.5, 0.6) is 0 Å². The molecule has 5 nitrogen and oxygen atoms in total. The third-order valence-corrected chi connectivity index (χ3v) is 4.86. The van der Waals surface area contributed by atoms with Gasteiger partial charge in [-0.15, -0.1) is 11.3 Å². The summed E-state index contributed by atoms with van der Waals surface area (Å²) in [5, 5.41) is 15.2. The molecule has 1 aromatic heterocycles. The van der Waals surface area contributed by atoms with E-state index in [4.69, 9.17) is 0 Å². The maximum Gasteiger partial charge on any atom is 0.317 e. The lowest BCUT2D eigenvalue weighted by molar-refractivity contribution is 0.126. The molecule has 6 heteroatoms. The van der Waals surface area contributed by atoms with Gasteiger partial charge >= 0.3 is 6.03 Å². The van der Waals surface area contributed by atoms with Crippen molar-refractivity contribution in [1.29, 1.82) is 0 Å². The number of amides is 2. The van der Waals surface area contributed by atoms with Crippen molar-refractivity contribution in [1.82, 2.24) is 15.2 Å². The summed E-state index contributed by atoms with van der Waals surface area (Å²) in [6.45, 7) is 1.20. The Morgan fingerprint density at radius 1 is 1.43 bits per heavy atom. The van der Waals surface area contributed by atoms with Gasteiger partial charge in [-0.2, -0.15) is 0 Å². The summed E-state index contributed by atoms with van der Waals surface area (Å²) >= 11 is 1.52. The summed E-state index contributed by atoms with van der Waals surface area (Å²) < 4.78 is 0. The van der Waals surface area contributed by atoms with Gasteiger partial charge in [-0.1, -0.05) is 30.3 Å². The number of nitrogens with zero attached hydrogens (tertiary/aromatic N) is 2. The first-order valence-corrected chi connectivity index (χ1v) is 8.83. The Morgan fingerprint density at radius 2 is 2.26 bits per heavy atom. The zero-order valence-corrected chi connectivity index (χ0v) is 13.7. The molecule has 1 aliphatic heterocycles. The van der Waals surface area contributed by atoms with E-state index < -0.39 is 6.10 Å². The van der Waals surface area contributed by atoms with Crippen LogP contribution in [0.4, 0.5) is 4.79 Å². The topological polar surface area (TPSA) is 65.5 Å². The van der Waals surface area contributed by atoms with Crippen molar-refractivity contribution >= 4 is 17.4 Å². The van der Waals surface area contributed by atoms with Gasteiger partial charge in [0, 0.05) is 18.0 Å². The fourth-order valence-electron chi connectivity index (χ4n) is 3.01. The molecule has 0 saturated carbocycles. The SMILES string of the molecule is O=C(NCc1cscn1)N1CCCC1CC(O)c1ccccc1. The lowest BCUT2D eigenvalue weighted by atomic mass is 10.0. The molecule has 2 unspecified atom stereocenters. The third-order valence-electron chi connectivity index (χ3n) is 4.22. The molecule has 2 amide bonds. The maximum atomic E-state index is 12.4. The van der Waals surface area contributed by atoms with Crippen LogP contribution in [-0.4, -0.2) is 33.6 Å². The van der Waals surface area contributed by atoms with E-state index in [1.165, 1.54) is 11.3 Å². The summed E-state index contributed by atoms with van der Waals surface area (Å²) in [7, 11) is 0. The Labute approximate surface area is 140 Å². The molecule has 0 spiro atoms. The molecule has 0 radical (unpaired) electrons. The van der Waals surface area contributed by atoms with Gasteiger partial charge in [-0.25, -0.2) is 9.78 Å². The number of urea groups is 1. The zero-order chi connectivity index (χ0) is 16.1. The Balaban J connectivity index is 1.55. The Hall–Kier alpha value is -1.92. The normalized spacial score (nSPS) is 18.8. The number of aromatic nitrogens is 1. The number of rotatable bonds is 5. The van der Waals surface area contributed by atoms with Crippen LogP contribution in [-0.2, 0) is 6.54 Å². The largest absolute Gasteiger partial charge is 0.388 e. The van der Waals surface area contributed by atoms with E-state index >= 15 is 0 Å². The molecule has 1 aliphatic rings. The fourth-order valence-corrected chi connectivity index (χ4v) is 3.57. The van der Waals surface area contributed by atoms with E-state index in [1.54, 1.807) is 5.51 Å². The van der Waals surface area contributed by atoms with E-state index in [0.29, 0.717) is 13.0 Å². The minimum Gasteiger partial charge on any atom is -0.388 e. The summed E-state index contributed by atoms with van der Waals surface area (Å²) in [6, 6.07) is 9.64. The monoisotopic (exact) mass is 331 g/mol. The highest BCUT2D eigenvalue weighted by molar-refractivity contribution is 7.07. The van der Waals surface area contributed by atoms with Crippen LogP contribution in [0.15, 0.2) is 41.2 Å². The maximum absolute atomic E-state index is 12.4. The molecular formula is C17H21N3O2S. The highest BCUT2D eigenvalue weighted by Crippen LogP contribution is 2.27. The third kappa shape index (κ3) is 4.09. The number of carbonyl (C=O) groups is 1. The van der Waals surface area contributed by atoms with Crippen molar-refractivity contribution in [2.24, 2.45) is 0 Å². The Kier molecular flexibility index (Phi) is 5.25. The van der Waals surface area contributed by atoms with Gasteiger partial charge in [-0.05, 0) is 24.8 Å². The number of aliphatic hydroxyl groups is 1. The number of aliphatic hydroxyl groups excluding tert-OH is 1. The molecule has 23 heavy (non-hydrogen) atoms. The molecule has 2 N–H and O–H groups in total. The lowest BCUT2D eigenvalue weighted by Gasteiger charge is -2.26. The second-order valence-electron chi connectivity index (χ2n) is 5.79. The minimum atomic E-state index is -0.534. The summed E-state index contributed by atoms with van der Waals surface area (Å²) in [6.07, 6.45) is 1.96. The van der Waals surface area contributed by atoms with Crippen LogP contribution < -0.4 is 5.32 Å². The summed E-state index contributed by atoms with van der Waals surface area (Å²) in [4.78, 5) is 18.4. The molecule has 122 valence electrons. The molecule has 1 aromatic carbocycles. The molecule has 1 fully saturated rings. The van der Waals surface area contributed by atoms with Crippen LogP contribution >= 0.6 is 11.3 Å².